The van der Waals surface area contributed by atoms with E-state index in [4.69, 9.17) is 9.47 Å². The summed E-state index contributed by atoms with van der Waals surface area (Å²) >= 11 is 0. The molecule has 260 valence electrons. The topological polar surface area (TPSA) is 134 Å². The lowest BCUT2D eigenvalue weighted by molar-refractivity contribution is -0.150. The van der Waals surface area contributed by atoms with Gasteiger partial charge in [0.1, 0.15) is 13.2 Å². The first kappa shape index (κ1) is 38.0. The molecule has 0 spiro atoms. The molecule has 0 bridgehead atoms. The predicted octanol–water partition coefficient (Wildman–Crippen LogP) is 5.11. The van der Waals surface area contributed by atoms with Crippen LogP contribution in [0.15, 0.2) is 86.0 Å². The lowest BCUT2D eigenvalue weighted by Crippen LogP contribution is -2.44. The van der Waals surface area contributed by atoms with E-state index in [1.165, 1.54) is 0 Å². The highest BCUT2D eigenvalue weighted by Gasteiger charge is 2.32. The second-order valence-electron chi connectivity index (χ2n) is 12.2. The van der Waals surface area contributed by atoms with Gasteiger partial charge in [-0.1, -0.05) is 72.8 Å². The van der Waals surface area contributed by atoms with Crippen molar-refractivity contribution in [2.75, 3.05) is 26.3 Å². The normalized spacial score (nSPS) is 15.9. The van der Waals surface area contributed by atoms with E-state index in [0.29, 0.717) is 51.6 Å². The van der Waals surface area contributed by atoms with Gasteiger partial charge in [0.2, 0.25) is 11.8 Å². The molecule has 3 amide bonds. The molecule has 3 rings (SSSR count). The Hall–Kier alpha value is -4.44. The van der Waals surface area contributed by atoms with E-state index in [1.54, 1.807) is 17.1 Å². The Kier molecular flexibility index (Phi) is 17.0. The monoisotopic (exact) mass is 661 g/mol. The number of esters is 1. The van der Waals surface area contributed by atoms with Crippen molar-refractivity contribution in [1.29, 1.82) is 0 Å². The number of unbranched alkanes of at least 4 members (excludes halogenated alkanes) is 1. The molecule has 4 atom stereocenters. The molecule has 1 fully saturated rings. The number of rotatable bonds is 21. The van der Waals surface area contributed by atoms with Gasteiger partial charge in [-0.05, 0) is 62.5 Å². The van der Waals surface area contributed by atoms with Gasteiger partial charge in [-0.25, -0.2) is 4.79 Å². The third-order valence-electron chi connectivity index (χ3n) is 8.50. The molecule has 3 N–H and O–H groups in total. The van der Waals surface area contributed by atoms with Crippen LogP contribution in [0.3, 0.4) is 0 Å². The highest BCUT2D eigenvalue weighted by molar-refractivity contribution is 5.86. The number of aliphatic hydroxyl groups excluding tert-OH is 1. The first-order valence-electron chi connectivity index (χ1n) is 16.9. The Balaban J connectivity index is 1.58. The average Bonchev–Trinajstić information content (AvgIpc) is 3.59. The smallest absolute Gasteiger partial charge is 0.407 e. The van der Waals surface area contributed by atoms with Crippen LogP contribution < -0.4 is 10.6 Å². The maximum Gasteiger partial charge on any atom is 0.407 e. The van der Waals surface area contributed by atoms with Gasteiger partial charge in [0.05, 0.1) is 30.5 Å². The van der Waals surface area contributed by atoms with Gasteiger partial charge < -0.3 is 30.1 Å². The minimum absolute atomic E-state index is 0.00560. The fourth-order valence-corrected chi connectivity index (χ4v) is 5.83. The van der Waals surface area contributed by atoms with E-state index in [2.05, 4.69) is 23.8 Å². The minimum Gasteiger partial charge on any atom is -0.463 e. The quantitative estimate of drug-likeness (QED) is 0.0962. The van der Waals surface area contributed by atoms with Crippen LogP contribution in [-0.4, -0.2) is 72.3 Å². The number of benzene rings is 2. The number of carbonyl (C=O) groups excluding carboxylic acids is 4. The zero-order valence-corrected chi connectivity index (χ0v) is 27.9. The molecule has 1 aliphatic rings. The van der Waals surface area contributed by atoms with Gasteiger partial charge in [0.25, 0.3) is 0 Å². The number of amides is 3. The first-order chi connectivity index (χ1) is 23.3. The number of nitrogens with one attached hydrogen (secondary N) is 2. The van der Waals surface area contributed by atoms with Gasteiger partial charge in [-0.15, -0.1) is 13.2 Å². The largest absolute Gasteiger partial charge is 0.463 e. The fraction of sp³-hybridized carbons (Fsp3) is 0.474. The Labute approximate surface area is 284 Å². The maximum atomic E-state index is 13.5. The van der Waals surface area contributed by atoms with Crippen LogP contribution in [-0.2, 0) is 36.9 Å². The molecule has 2 aromatic carbocycles. The number of carbonyl (C=O) groups is 4. The molecule has 0 radical (unpaired) electrons. The predicted molar refractivity (Wildman–Crippen MR) is 185 cm³/mol. The molecule has 0 saturated carbocycles. The van der Waals surface area contributed by atoms with Crippen molar-refractivity contribution in [2.45, 2.75) is 76.5 Å². The number of likely N-dealkylation sites (tertiary alicyclic amines) is 1. The van der Waals surface area contributed by atoms with Crippen molar-refractivity contribution in [3.05, 3.63) is 97.1 Å². The van der Waals surface area contributed by atoms with Crippen LogP contribution in [0, 0.1) is 11.8 Å². The molecule has 0 aliphatic carbocycles. The molecule has 0 aromatic heterocycles. The SMILES string of the molecule is C=CCC(CC(=O)N1CCCC1CO)C(=O)NC(CCCCNC(=O)OCc1ccccc1)COC(=O)C(CC=C)Cc1ccccc1. The molecule has 10 heteroatoms. The van der Waals surface area contributed by atoms with Gasteiger partial charge in [0.15, 0.2) is 0 Å². The highest BCUT2D eigenvalue weighted by Crippen LogP contribution is 2.21. The number of ether oxygens (including phenoxy) is 2. The second-order valence-corrected chi connectivity index (χ2v) is 12.2. The molecular formula is C38H51N3O7. The van der Waals surface area contributed by atoms with Crippen molar-refractivity contribution < 1.29 is 33.8 Å². The van der Waals surface area contributed by atoms with Crippen molar-refractivity contribution in [3.63, 3.8) is 0 Å². The summed E-state index contributed by atoms with van der Waals surface area (Å²) in [6.07, 6.45) is 7.33. The van der Waals surface area contributed by atoms with Crippen LogP contribution >= 0.6 is 0 Å². The molecule has 4 unspecified atom stereocenters. The fourth-order valence-electron chi connectivity index (χ4n) is 5.83. The number of aliphatic hydroxyl groups is 1. The number of alkyl carbamates (subject to hydrolysis) is 1. The minimum atomic E-state index is -0.652. The Morgan fingerprint density at radius 3 is 2.25 bits per heavy atom. The van der Waals surface area contributed by atoms with E-state index < -0.39 is 24.0 Å². The molecule has 1 saturated heterocycles. The van der Waals surface area contributed by atoms with Crippen molar-refractivity contribution in [1.82, 2.24) is 15.5 Å². The average molecular weight is 662 g/mol. The Morgan fingerprint density at radius 1 is 0.917 bits per heavy atom. The third kappa shape index (κ3) is 13.4. The Morgan fingerprint density at radius 2 is 1.58 bits per heavy atom. The van der Waals surface area contributed by atoms with E-state index in [1.807, 2.05) is 60.7 Å². The number of allylic oxidation sites excluding steroid dienone is 2. The molecule has 1 heterocycles. The van der Waals surface area contributed by atoms with Crippen LogP contribution in [0.1, 0.15) is 62.5 Å². The van der Waals surface area contributed by atoms with Gasteiger partial charge in [-0.3, -0.25) is 14.4 Å². The lowest BCUT2D eigenvalue weighted by atomic mass is 9.96. The molecule has 1 aliphatic heterocycles. The molecule has 48 heavy (non-hydrogen) atoms. The van der Waals surface area contributed by atoms with Crippen molar-refractivity contribution in [2.24, 2.45) is 11.8 Å². The third-order valence-corrected chi connectivity index (χ3v) is 8.50. The van der Waals surface area contributed by atoms with Crippen LogP contribution in [0.25, 0.3) is 0 Å². The zero-order valence-electron chi connectivity index (χ0n) is 27.9. The van der Waals surface area contributed by atoms with Gasteiger partial charge in [-0.2, -0.15) is 0 Å². The summed E-state index contributed by atoms with van der Waals surface area (Å²) < 4.78 is 11.0. The second kappa shape index (κ2) is 21.4. The number of hydrogen-bond acceptors (Lipinski definition) is 7. The van der Waals surface area contributed by atoms with E-state index >= 15 is 0 Å². The summed E-state index contributed by atoms with van der Waals surface area (Å²) in [7, 11) is 0. The summed E-state index contributed by atoms with van der Waals surface area (Å²) in [6, 6.07) is 18.4. The summed E-state index contributed by atoms with van der Waals surface area (Å²) in [5.41, 5.74) is 1.91. The standard InChI is InChI=1S/C38H51N3O7/c1-3-14-31(25-35(43)41-23-13-21-34(41)26-42)36(44)40-33(20-11-12-22-39-38(46)48-27-30-18-9-6-10-19-30)28-47-37(45)32(15-4-2)24-29-16-7-5-8-17-29/h3-10,16-19,31-34,42H,1-2,11-15,20-28H2,(H,39,46)(H,40,44). The molecular weight excluding hydrogens is 610 g/mol. The van der Waals surface area contributed by atoms with Gasteiger partial charge >= 0.3 is 12.1 Å². The highest BCUT2D eigenvalue weighted by atomic mass is 16.5. The van der Waals surface area contributed by atoms with Crippen LogP contribution in [0.2, 0.25) is 0 Å². The number of nitrogens with zero attached hydrogens (tertiary/aromatic N) is 1. The van der Waals surface area contributed by atoms with E-state index in [9.17, 15) is 24.3 Å². The maximum absolute atomic E-state index is 13.5. The van der Waals surface area contributed by atoms with Gasteiger partial charge in [0, 0.05) is 19.5 Å². The summed E-state index contributed by atoms with van der Waals surface area (Å²) in [5, 5.41) is 15.4. The van der Waals surface area contributed by atoms with Crippen molar-refractivity contribution in [3.8, 4) is 0 Å². The van der Waals surface area contributed by atoms with E-state index in [0.717, 1.165) is 24.0 Å². The zero-order chi connectivity index (χ0) is 34.6. The summed E-state index contributed by atoms with van der Waals surface area (Å²) in [6.45, 7) is 8.55. The summed E-state index contributed by atoms with van der Waals surface area (Å²) in [5.74, 6) is -1.93. The summed E-state index contributed by atoms with van der Waals surface area (Å²) in [4.78, 5) is 53.6. The molecule has 10 nitrogen and oxygen atoms in total. The van der Waals surface area contributed by atoms with Crippen molar-refractivity contribution >= 4 is 23.9 Å². The van der Waals surface area contributed by atoms with Crippen LogP contribution in [0.4, 0.5) is 4.79 Å². The Bertz CT molecular complexity index is 1300. The van der Waals surface area contributed by atoms with Crippen LogP contribution in [0.5, 0.6) is 0 Å². The molecule has 2 aromatic rings. The lowest BCUT2D eigenvalue weighted by Gasteiger charge is -2.26. The first-order valence-corrected chi connectivity index (χ1v) is 16.9. The number of hydrogen-bond donors (Lipinski definition) is 3. The van der Waals surface area contributed by atoms with E-state index in [-0.39, 0.29) is 50.1 Å².